The van der Waals surface area contributed by atoms with E-state index >= 15 is 0 Å². The molecular formula is C27H27N7O3. The standard InChI is InChI=1S/C27H27N7O3/c1-33(29)14-25(28)22-10-23(22)26-24(27(35)36)13-32-34(26)20-6-2-4-18(8-20)19-5-3-7-21(9-19)37-15-17-11-30-16-31-12-17/h2-9,11-14,16,22-23H,10,15,28-29H2,1H3,(H,35,36)/b25-14-/t22-,23?/m0/s1. The lowest BCUT2D eigenvalue weighted by molar-refractivity contribution is 0.0695. The number of aromatic nitrogens is 4. The number of benzene rings is 2. The Kier molecular flexibility index (Phi) is 6.57. The Bertz CT molecular complexity index is 1450. The van der Waals surface area contributed by atoms with Gasteiger partial charge in [0.2, 0.25) is 0 Å². The number of carboxylic acid groups (broad SMARTS) is 1. The van der Waals surface area contributed by atoms with E-state index in [1.54, 1.807) is 30.3 Å². The fraction of sp³-hybridized carbons (Fsp3) is 0.185. The maximum atomic E-state index is 12.0. The average molecular weight is 498 g/mol. The molecule has 2 atom stereocenters. The first-order chi connectivity index (χ1) is 17.9. The molecule has 37 heavy (non-hydrogen) atoms. The molecule has 4 aromatic rings. The molecule has 0 amide bonds. The van der Waals surface area contributed by atoms with Gasteiger partial charge in [0.05, 0.1) is 17.6 Å². The Labute approximate surface area is 213 Å². The Morgan fingerprint density at radius 2 is 1.89 bits per heavy atom. The third-order valence-corrected chi connectivity index (χ3v) is 6.24. The maximum absolute atomic E-state index is 12.0. The summed E-state index contributed by atoms with van der Waals surface area (Å²) in [6.07, 6.45) is 8.71. The van der Waals surface area contributed by atoms with Crippen LogP contribution in [-0.2, 0) is 6.61 Å². The Morgan fingerprint density at radius 3 is 2.62 bits per heavy atom. The summed E-state index contributed by atoms with van der Waals surface area (Å²) in [5, 5.41) is 15.7. The second-order valence-electron chi connectivity index (χ2n) is 9.02. The summed E-state index contributed by atoms with van der Waals surface area (Å²) in [6.45, 7) is 0.360. The fourth-order valence-electron chi connectivity index (χ4n) is 4.44. The van der Waals surface area contributed by atoms with Gasteiger partial charge in [0.15, 0.2) is 0 Å². The third kappa shape index (κ3) is 5.29. The molecule has 2 aromatic heterocycles. The molecule has 0 spiro atoms. The number of carbonyl (C=O) groups is 1. The van der Waals surface area contributed by atoms with Gasteiger partial charge in [-0.1, -0.05) is 24.3 Å². The zero-order valence-electron chi connectivity index (χ0n) is 20.2. The molecule has 2 aromatic carbocycles. The van der Waals surface area contributed by atoms with E-state index in [2.05, 4.69) is 15.1 Å². The highest BCUT2D eigenvalue weighted by atomic mass is 16.5. The van der Waals surface area contributed by atoms with Crippen molar-refractivity contribution >= 4 is 5.97 Å². The van der Waals surface area contributed by atoms with Crippen molar-refractivity contribution in [2.45, 2.75) is 18.9 Å². The lowest BCUT2D eigenvalue weighted by Crippen LogP contribution is -2.21. The summed E-state index contributed by atoms with van der Waals surface area (Å²) in [6, 6.07) is 15.6. The SMILES string of the molecule is CN(N)/C=C(\N)[C@H]1CC1c1c(C(=O)O)cnn1-c1cccc(-c2cccc(OCc3cncnc3)c2)c1. The van der Waals surface area contributed by atoms with Crippen molar-refractivity contribution in [1.29, 1.82) is 0 Å². The van der Waals surface area contributed by atoms with Crippen LogP contribution in [0.2, 0.25) is 0 Å². The number of hydrogen-bond acceptors (Lipinski definition) is 8. The molecule has 0 bridgehead atoms. The Morgan fingerprint density at radius 1 is 1.16 bits per heavy atom. The number of allylic oxidation sites excluding steroid dienone is 1. The highest BCUT2D eigenvalue weighted by Crippen LogP contribution is 2.51. The van der Waals surface area contributed by atoms with Crippen LogP contribution < -0.4 is 16.3 Å². The van der Waals surface area contributed by atoms with E-state index in [-0.39, 0.29) is 17.4 Å². The van der Waals surface area contributed by atoms with E-state index in [1.807, 2.05) is 48.5 Å². The summed E-state index contributed by atoms with van der Waals surface area (Å²) < 4.78 is 7.63. The van der Waals surface area contributed by atoms with Crippen molar-refractivity contribution in [2.75, 3.05) is 7.05 Å². The molecule has 10 heteroatoms. The minimum absolute atomic E-state index is 0.00609. The molecule has 0 saturated heterocycles. The van der Waals surface area contributed by atoms with Crippen LogP contribution in [0, 0.1) is 5.92 Å². The molecule has 1 aliphatic rings. The molecule has 10 nitrogen and oxygen atoms in total. The van der Waals surface area contributed by atoms with E-state index in [4.69, 9.17) is 16.3 Å². The fourth-order valence-corrected chi connectivity index (χ4v) is 4.44. The van der Waals surface area contributed by atoms with Gasteiger partial charge in [-0.05, 0) is 41.8 Å². The number of rotatable bonds is 9. The average Bonchev–Trinajstić information content (AvgIpc) is 3.57. The zero-order valence-corrected chi connectivity index (χ0v) is 20.2. The first kappa shape index (κ1) is 24.0. The second kappa shape index (κ2) is 10.1. The van der Waals surface area contributed by atoms with Crippen molar-refractivity contribution in [3.05, 3.63) is 102 Å². The molecule has 2 heterocycles. The Balaban J connectivity index is 1.43. The topological polar surface area (TPSA) is 145 Å². The molecule has 1 aliphatic carbocycles. The number of nitrogens with zero attached hydrogens (tertiary/aromatic N) is 5. The van der Waals surface area contributed by atoms with Crippen LogP contribution in [0.15, 0.2) is 85.3 Å². The predicted octanol–water partition coefficient (Wildman–Crippen LogP) is 3.32. The van der Waals surface area contributed by atoms with Crippen LogP contribution in [0.25, 0.3) is 16.8 Å². The third-order valence-electron chi connectivity index (χ3n) is 6.24. The number of hydrogen-bond donors (Lipinski definition) is 3. The highest BCUT2D eigenvalue weighted by molar-refractivity contribution is 5.89. The van der Waals surface area contributed by atoms with Crippen LogP contribution in [-0.4, -0.2) is 42.9 Å². The molecular weight excluding hydrogens is 470 g/mol. The van der Waals surface area contributed by atoms with Crippen molar-refractivity contribution < 1.29 is 14.6 Å². The summed E-state index contributed by atoms with van der Waals surface area (Å²) in [7, 11) is 1.69. The number of aromatic carboxylic acids is 1. The molecule has 5 N–H and O–H groups in total. The number of hydrazine groups is 1. The second-order valence-corrected chi connectivity index (χ2v) is 9.02. The summed E-state index contributed by atoms with van der Waals surface area (Å²) in [4.78, 5) is 20.0. The van der Waals surface area contributed by atoms with Crippen LogP contribution in [0.3, 0.4) is 0 Å². The summed E-state index contributed by atoms with van der Waals surface area (Å²) in [5.41, 5.74) is 11.2. The van der Waals surface area contributed by atoms with Gasteiger partial charge < -0.3 is 20.6 Å². The first-order valence-corrected chi connectivity index (χ1v) is 11.7. The van der Waals surface area contributed by atoms with Crippen molar-refractivity contribution in [3.63, 3.8) is 0 Å². The molecule has 1 fully saturated rings. The number of carboxylic acids is 1. The lowest BCUT2D eigenvalue weighted by atomic mass is 10.0. The van der Waals surface area contributed by atoms with Gasteiger partial charge in [0, 0.05) is 48.7 Å². The molecule has 1 unspecified atom stereocenters. The molecule has 188 valence electrons. The van der Waals surface area contributed by atoms with Gasteiger partial charge in [-0.2, -0.15) is 5.10 Å². The number of ether oxygens (including phenoxy) is 1. The van der Waals surface area contributed by atoms with E-state index in [9.17, 15) is 9.90 Å². The maximum Gasteiger partial charge on any atom is 0.339 e. The van der Waals surface area contributed by atoms with Gasteiger partial charge in [-0.3, -0.25) is 0 Å². The van der Waals surface area contributed by atoms with Gasteiger partial charge in [-0.25, -0.2) is 25.3 Å². The van der Waals surface area contributed by atoms with Crippen molar-refractivity contribution in [1.82, 2.24) is 24.8 Å². The van der Waals surface area contributed by atoms with Crippen LogP contribution in [0.4, 0.5) is 0 Å². The first-order valence-electron chi connectivity index (χ1n) is 11.7. The quantitative estimate of drug-likeness (QED) is 0.234. The predicted molar refractivity (Wildman–Crippen MR) is 137 cm³/mol. The lowest BCUT2D eigenvalue weighted by Gasteiger charge is -2.12. The van der Waals surface area contributed by atoms with Gasteiger partial charge in [-0.15, -0.1) is 0 Å². The minimum Gasteiger partial charge on any atom is -0.489 e. The van der Waals surface area contributed by atoms with Gasteiger partial charge in [0.1, 0.15) is 24.2 Å². The van der Waals surface area contributed by atoms with Crippen LogP contribution in [0.5, 0.6) is 5.75 Å². The summed E-state index contributed by atoms with van der Waals surface area (Å²) in [5.74, 6) is 5.34. The van der Waals surface area contributed by atoms with Crippen LogP contribution >= 0.6 is 0 Å². The number of nitrogens with two attached hydrogens (primary N) is 2. The smallest absolute Gasteiger partial charge is 0.339 e. The van der Waals surface area contributed by atoms with E-state index in [1.165, 1.54) is 17.5 Å². The van der Waals surface area contributed by atoms with Gasteiger partial charge >= 0.3 is 5.97 Å². The molecule has 0 aliphatic heterocycles. The zero-order chi connectivity index (χ0) is 25.9. The van der Waals surface area contributed by atoms with Crippen molar-refractivity contribution in [3.8, 4) is 22.6 Å². The monoisotopic (exact) mass is 497 g/mol. The Hall–Kier alpha value is -4.70. The largest absolute Gasteiger partial charge is 0.489 e. The minimum atomic E-state index is -1.02. The summed E-state index contributed by atoms with van der Waals surface area (Å²) >= 11 is 0. The van der Waals surface area contributed by atoms with E-state index < -0.39 is 5.97 Å². The highest BCUT2D eigenvalue weighted by Gasteiger charge is 2.45. The molecule has 5 rings (SSSR count). The van der Waals surface area contributed by atoms with Crippen molar-refractivity contribution in [2.24, 2.45) is 17.5 Å². The van der Waals surface area contributed by atoms with Crippen LogP contribution in [0.1, 0.15) is 34.0 Å². The molecule has 1 saturated carbocycles. The molecule has 0 radical (unpaired) electrons. The normalized spacial score (nSPS) is 16.9. The van der Waals surface area contributed by atoms with E-state index in [0.29, 0.717) is 23.7 Å². The van der Waals surface area contributed by atoms with E-state index in [0.717, 1.165) is 28.8 Å². The van der Waals surface area contributed by atoms with Gasteiger partial charge in [0.25, 0.3) is 0 Å².